The normalized spacial score (nSPS) is 10.9. The number of nitrogens with zero attached hydrogens (tertiary/aromatic N) is 1. The molecule has 0 saturated heterocycles. The van der Waals surface area contributed by atoms with E-state index in [9.17, 15) is 9.59 Å². The molecule has 10 heteroatoms. The lowest BCUT2D eigenvalue weighted by Gasteiger charge is -2.14. The van der Waals surface area contributed by atoms with Gasteiger partial charge in [0, 0.05) is 17.6 Å². The predicted octanol–water partition coefficient (Wildman–Crippen LogP) is 3.80. The third-order valence-electron chi connectivity index (χ3n) is 2.62. The first-order valence-corrected chi connectivity index (χ1v) is 9.61. The van der Waals surface area contributed by atoms with Gasteiger partial charge in [-0.1, -0.05) is 23.2 Å². The second-order valence-corrected chi connectivity index (χ2v) is 7.55. The van der Waals surface area contributed by atoms with E-state index in [2.05, 4.69) is 14.7 Å². The molecule has 0 fully saturated rings. The quantitative estimate of drug-likeness (QED) is 0.728. The predicted molar refractivity (Wildman–Crippen MR) is 99.8 cm³/mol. The Morgan fingerprint density at radius 3 is 2.79 bits per heavy atom. The van der Waals surface area contributed by atoms with Crippen molar-refractivity contribution in [2.24, 2.45) is 0 Å². The van der Waals surface area contributed by atoms with E-state index in [0.29, 0.717) is 33.1 Å². The van der Waals surface area contributed by atoms with E-state index in [-0.39, 0.29) is 22.6 Å². The third kappa shape index (κ3) is 5.70. The van der Waals surface area contributed by atoms with Gasteiger partial charge in [-0.25, -0.2) is 0 Å². The number of H-pyrrole nitrogens is 1. The fraction of sp³-hybridized carbons (Fsp3) is 0.357. The molecule has 1 aromatic carbocycles. The minimum absolute atomic E-state index is 0.0527. The number of carbonyl (C=O) groups excluding carboxylic acids is 1. The number of anilines is 1. The fourth-order valence-electron chi connectivity index (χ4n) is 1.72. The van der Waals surface area contributed by atoms with E-state index in [0.717, 1.165) is 11.5 Å². The van der Waals surface area contributed by atoms with Gasteiger partial charge in [0.25, 0.3) is 0 Å². The summed E-state index contributed by atoms with van der Waals surface area (Å²) in [5.41, 5.74) is 0.435. The summed E-state index contributed by atoms with van der Waals surface area (Å²) < 4.78 is 9.50. The Labute approximate surface area is 157 Å². The van der Waals surface area contributed by atoms with Crippen LogP contribution in [0, 0.1) is 0 Å². The molecule has 2 aromatic rings. The van der Waals surface area contributed by atoms with E-state index in [4.69, 9.17) is 27.9 Å². The van der Waals surface area contributed by atoms with Gasteiger partial charge in [0.2, 0.25) is 5.91 Å². The van der Waals surface area contributed by atoms with Crippen molar-refractivity contribution in [3.05, 3.63) is 37.7 Å². The van der Waals surface area contributed by atoms with Crippen LogP contribution in [0.3, 0.4) is 0 Å². The highest BCUT2D eigenvalue weighted by Gasteiger charge is 2.12. The molecule has 0 aliphatic carbocycles. The van der Waals surface area contributed by atoms with Crippen LogP contribution in [0.5, 0.6) is 5.75 Å². The van der Waals surface area contributed by atoms with Crippen molar-refractivity contribution in [2.75, 3.05) is 11.1 Å². The monoisotopic (exact) mass is 407 g/mol. The number of aromatic nitrogens is 2. The number of hydrogen-bond donors (Lipinski definition) is 2. The lowest BCUT2D eigenvalue weighted by Crippen LogP contribution is -2.15. The molecule has 0 unspecified atom stereocenters. The molecule has 1 amide bonds. The van der Waals surface area contributed by atoms with Gasteiger partial charge in [-0.05, 0) is 19.9 Å². The lowest BCUT2D eigenvalue weighted by molar-refractivity contribution is -0.113. The average Bonchev–Trinajstić information content (AvgIpc) is 2.89. The molecule has 0 aliphatic heterocycles. The van der Waals surface area contributed by atoms with Crippen LogP contribution < -0.4 is 14.9 Å². The fourth-order valence-corrected chi connectivity index (χ4v) is 3.43. The van der Waals surface area contributed by atoms with E-state index in [1.165, 1.54) is 17.8 Å². The Hall–Kier alpha value is -1.22. The molecule has 0 atom stereocenters. The minimum Gasteiger partial charge on any atom is -0.489 e. The summed E-state index contributed by atoms with van der Waals surface area (Å²) in [5, 5.41) is 3.44. The molecular weight excluding hydrogens is 393 g/mol. The van der Waals surface area contributed by atoms with Gasteiger partial charge in [0.05, 0.1) is 33.3 Å². The van der Waals surface area contributed by atoms with Crippen LogP contribution in [-0.2, 0) is 10.5 Å². The Bertz CT molecular complexity index is 777. The van der Waals surface area contributed by atoms with Gasteiger partial charge in [-0.2, -0.15) is 4.37 Å². The maximum atomic E-state index is 12.0. The lowest BCUT2D eigenvalue weighted by atomic mass is 10.3. The highest BCUT2D eigenvalue weighted by atomic mass is 35.5. The van der Waals surface area contributed by atoms with Crippen molar-refractivity contribution in [1.29, 1.82) is 0 Å². The molecule has 0 saturated carbocycles. The van der Waals surface area contributed by atoms with Gasteiger partial charge >= 0.3 is 4.87 Å². The Kier molecular flexibility index (Phi) is 6.97. The summed E-state index contributed by atoms with van der Waals surface area (Å²) in [6.45, 7) is 3.76. The van der Waals surface area contributed by atoms with Crippen LogP contribution in [0.15, 0.2) is 16.9 Å². The smallest absolute Gasteiger partial charge is 0.323 e. The zero-order valence-electron chi connectivity index (χ0n) is 12.9. The zero-order valence-corrected chi connectivity index (χ0v) is 16.0. The highest BCUT2D eigenvalue weighted by Crippen LogP contribution is 2.34. The van der Waals surface area contributed by atoms with Crippen LogP contribution in [0.4, 0.5) is 5.69 Å². The van der Waals surface area contributed by atoms with Gasteiger partial charge in [-0.3, -0.25) is 14.6 Å². The number of hydrogen-bond acceptors (Lipinski definition) is 6. The maximum Gasteiger partial charge on any atom is 0.323 e. The van der Waals surface area contributed by atoms with Gasteiger partial charge in [-0.15, -0.1) is 11.8 Å². The van der Waals surface area contributed by atoms with Crippen molar-refractivity contribution in [3.8, 4) is 5.75 Å². The van der Waals surface area contributed by atoms with Crippen molar-refractivity contribution in [1.82, 2.24) is 9.36 Å². The number of thioether (sulfide) groups is 1. The first-order chi connectivity index (χ1) is 11.3. The van der Waals surface area contributed by atoms with Crippen LogP contribution in [0.1, 0.15) is 19.7 Å². The number of aromatic amines is 1. The molecule has 1 aromatic heterocycles. The average molecular weight is 408 g/mol. The van der Waals surface area contributed by atoms with Crippen LogP contribution in [0.2, 0.25) is 10.0 Å². The molecule has 1 heterocycles. The topological polar surface area (TPSA) is 84.1 Å². The molecule has 0 spiro atoms. The first kappa shape index (κ1) is 19.1. The number of rotatable bonds is 7. The standard InChI is InChI=1S/C14H15Cl2N3O3S2/c1-7(2)22-11-4-10(8(15)3-9(11)16)17-13(20)6-23-5-12-18-14(21)24-19-12/h3-4,7H,5-6H2,1-2H3,(H,17,20)(H,18,19,21). The number of nitrogens with one attached hydrogen (secondary N) is 2. The van der Waals surface area contributed by atoms with Crippen molar-refractivity contribution in [3.63, 3.8) is 0 Å². The molecule has 24 heavy (non-hydrogen) atoms. The van der Waals surface area contributed by atoms with E-state index in [1.807, 2.05) is 13.8 Å². The van der Waals surface area contributed by atoms with Gasteiger partial charge < -0.3 is 10.1 Å². The van der Waals surface area contributed by atoms with Gasteiger partial charge in [0.15, 0.2) is 0 Å². The van der Waals surface area contributed by atoms with Gasteiger partial charge in [0.1, 0.15) is 11.6 Å². The molecule has 0 aliphatic rings. The summed E-state index contributed by atoms with van der Waals surface area (Å²) in [7, 11) is 0. The molecule has 0 radical (unpaired) electrons. The highest BCUT2D eigenvalue weighted by molar-refractivity contribution is 7.99. The molecule has 130 valence electrons. The van der Waals surface area contributed by atoms with E-state index < -0.39 is 0 Å². The first-order valence-electron chi connectivity index (χ1n) is 6.93. The largest absolute Gasteiger partial charge is 0.489 e. The Balaban J connectivity index is 1.94. The third-order valence-corrected chi connectivity index (χ3v) is 4.75. The number of benzene rings is 1. The number of halogens is 2. The van der Waals surface area contributed by atoms with Crippen molar-refractivity contribution >= 4 is 58.1 Å². The Morgan fingerprint density at radius 1 is 1.42 bits per heavy atom. The molecule has 6 nitrogen and oxygen atoms in total. The minimum atomic E-state index is -0.225. The SMILES string of the molecule is CC(C)Oc1cc(NC(=O)CSCc2nsc(=O)[nH]2)c(Cl)cc1Cl. The second-order valence-electron chi connectivity index (χ2n) is 5.01. The molecular formula is C14H15Cl2N3O3S2. The van der Waals surface area contributed by atoms with Crippen molar-refractivity contribution in [2.45, 2.75) is 25.7 Å². The summed E-state index contributed by atoms with van der Waals surface area (Å²) in [5.74, 6) is 1.43. The number of ether oxygens (including phenoxy) is 1. The Morgan fingerprint density at radius 2 is 2.17 bits per heavy atom. The van der Waals surface area contributed by atoms with Crippen LogP contribution >= 0.6 is 46.5 Å². The molecule has 0 bridgehead atoms. The molecule has 2 rings (SSSR count). The molecule has 2 N–H and O–H groups in total. The number of amides is 1. The summed E-state index contributed by atoms with van der Waals surface area (Å²) in [4.78, 5) is 25.4. The van der Waals surface area contributed by atoms with Crippen molar-refractivity contribution < 1.29 is 9.53 Å². The summed E-state index contributed by atoms with van der Waals surface area (Å²) >= 11 is 14.4. The number of carbonyl (C=O) groups is 1. The summed E-state index contributed by atoms with van der Waals surface area (Å²) in [6, 6.07) is 3.13. The maximum absolute atomic E-state index is 12.0. The summed E-state index contributed by atoms with van der Waals surface area (Å²) in [6.07, 6.45) is -0.0527. The van der Waals surface area contributed by atoms with Crippen LogP contribution in [0.25, 0.3) is 0 Å². The zero-order chi connectivity index (χ0) is 17.7. The van der Waals surface area contributed by atoms with E-state index in [1.54, 1.807) is 6.07 Å². The van der Waals surface area contributed by atoms with E-state index >= 15 is 0 Å². The second kappa shape index (κ2) is 8.75. The van der Waals surface area contributed by atoms with Crippen LogP contribution in [-0.4, -0.2) is 27.1 Å².